The Bertz CT molecular complexity index is 631. The third-order valence-electron chi connectivity index (χ3n) is 8.96. The Balaban J connectivity index is 1.82. The second kappa shape index (κ2) is 8.87. The maximum absolute atomic E-state index is 13.0. The smallest absolute Gasteiger partial charge is 0.303 e. The predicted molar refractivity (Wildman–Crippen MR) is 110 cm³/mol. The van der Waals surface area contributed by atoms with Gasteiger partial charge in [0.25, 0.3) is 0 Å². The summed E-state index contributed by atoms with van der Waals surface area (Å²) in [6.45, 7) is 6.57. The highest BCUT2D eigenvalue weighted by molar-refractivity contribution is 5.86. The minimum Gasteiger partial charge on any atom is -0.481 e. The largest absolute Gasteiger partial charge is 0.481 e. The molecule has 0 saturated heterocycles. The molecule has 3 aliphatic carbocycles. The second-order valence-electron chi connectivity index (χ2n) is 10.5. The van der Waals surface area contributed by atoms with Gasteiger partial charge >= 0.3 is 5.97 Å². The average Bonchev–Trinajstić information content (AvgIpc) is 3.11. The SMILES string of the molecule is CC(CCC(=O)O)C1CCC2C(CC=O)C(C3(C)CCC(O)CC3=O)CC(C)C12. The lowest BCUT2D eigenvalue weighted by Gasteiger charge is -2.53. The van der Waals surface area contributed by atoms with Gasteiger partial charge in [-0.15, -0.1) is 0 Å². The number of aliphatic hydroxyl groups is 1. The van der Waals surface area contributed by atoms with E-state index in [0.29, 0.717) is 48.9 Å². The van der Waals surface area contributed by atoms with E-state index in [1.54, 1.807) is 0 Å². The monoisotopic (exact) mass is 406 g/mol. The second-order valence-corrected chi connectivity index (χ2v) is 10.5. The van der Waals surface area contributed by atoms with E-state index < -0.39 is 17.5 Å². The van der Waals surface area contributed by atoms with Gasteiger partial charge in [-0.25, -0.2) is 0 Å². The Kier molecular flexibility index (Phi) is 6.87. The maximum Gasteiger partial charge on any atom is 0.303 e. The van der Waals surface area contributed by atoms with Crippen LogP contribution in [0, 0.1) is 46.8 Å². The molecule has 0 amide bonds. The van der Waals surface area contributed by atoms with Gasteiger partial charge < -0.3 is 15.0 Å². The number of aliphatic carboxylic acids is 1. The van der Waals surface area contributed by atoms with Crippen molar-refractivity contribution in [2.75, 3.05) is 0 Å². The van der Waals surface area contributed by atoms with Crippen LogP contribution >= 0.6 is 0 Å². The lowest BCUT2D eigenvalue weighted by atomic mass is 9.51. The minimum absolute atomic E-state index is 0.173. The number of Topliss-reactive ketones (excluding diaryl/α,β-unsaturated/α-hetero) is 1. The number of rotatable bonds is 7. The molecule has 0 aromatic rings. The van der Waals surface area contributed by atoms with E-state index >= 15 is 0 Å². The lowest BCUT2D eigenvalue weighted by molar-refractivity contribution is -0.145. The highest BCUT2D eigenvalue weighted by Crippen LogP contribution is 2.60. The third-order valence-corrected chi connectivity index (χ3v) is 8.96. The van der Waals surface area contributed by atoms with E-state index in [2.05, 4.69) is 20.8 Å². The molecular weight excluding hydrogens is 368 g/mol. The van der Waals surface area contributed by atoms with Gasteiger partial charge in [-0.05, 0) is 80.0 Å². The Morgan fingerprint density at radius 1 is 1.31 bits per heavy atom. The molecule has 0 bridgehead atoms. The van der Waals surface area contributed by atoms with Crippen molar-refractivity contribution in [1.29, 1.82) is 0 Å². The van der Waals surface area contributed by atoms with Crippen LogP contribution in [0.3, 0.4) is 0 Å². The fourth-order valence-corrected chi connectivity index (χ4v) is 7.42. The van der Waals surface area contributed by atoms with Gasteiger partial charge in [0.15, 0.2) is 0 Å². The van der Waals surface area contributed by atoms with Crippen molar-refractivity contribution >= 4 is 18.0 Å². The highest BCUT2D eigenvalue weighted by atomic mass is 16.4. The summed E-state index contributed by atoms with van der Waals surface area (Å²) in [4.78, 5) is 35.6. The van der Waals surface area contributed by atoms with Gasteiger partial charge in [-0.2, -0.15) is 0 Å². The molecule has 0 radical (unpaired) electrons. The number of carbonyl (C=O) groups excluding carboxylic acids is 2. The van der Waals surface area contributed by atoms with E-state index in [9.17, 15) is 19.5 Å². The summed E-state index contributed by atoms with van der Waals surface area (Å²) in [7, 11) is 0. The molecular formula is C24H38O5. The average molecular weight is 407 g/mol. The van der Waals surface area contributed by atoms with E-state index in [1.807, 2.05) is 0 Å². The lowest BCUT2D eigenvalue weighted by Crippen LogP contribution is -2.51. The first-order valence-corrected chi connectivity index (χ1v) is 11.6. The van der Waals surface area contributed by atoms with Crippen LogP contribution in [0.15, 0.2) is 0 Å². The van der Waals surface area contributed by atoms with Crippen LogP contribution in [0.25, 0.3) is 0 Å². The summed E-state index contributed by atoms with van der Waals surface area (Å²) in [6.07, 6.45) is 6.75. The first-order chi connectivity index (χ1) is 13.7. The van der Waals surface area contributed by atoms with Crippen LogP contribution in [0.1, 0.15) is 78.6 Å². The normalized spacial score (nSPS) is 43.6. The van der Waals surface area contributed by atoms with Crippen LogP contribution in [0.4, 0.5) is 0 Å². The first kappa shape index (κ1) is 22.5. The van der Waals surface area contributed by atoms with E-state index in [-0.39, 0.29) is 30.5 Å². The van der Waals surface area contributed by atoms with E-state index in [4.69, 9.17) is 5.11 Å². The number of hydrogen-bond donors (Lipinski definition) is 2. The third kappa shape index (κ3) is 4.30. The zero-order valence-electron chi connectivity index (χ0n) is 18.2. The number of hydrogen-bond acceptors (Lipinski definition) is 4. The molecule has 29 heavy (non-hydrogen) atoms. The van der Waals surface area contributed by atoms with Crippen molar-refractivity contribution in [1.82, 2.24) is 0 Å². The number of fused-ring (bicyclic) bond motifs is 1. The van der Waals surface area contributed by atoms with Crippen LogP contribution in [0.5, 0.6) is 0 Å². The quantitative estimate of drug-likeness (QED) is 0.621. The Morgan fingerprint density at radius 3 is 2.66 bits per heavy atom. The number of aliphatic hydroxyl groups excluding tert-OH is 1. The molecule has 0 aromatic heterocycles. The van der Waals surface area contributed by atoms with Crippen LogP contribution in [0.2, 0.25) is 0 Å². The predicted octanol–water partition coefficient (Wildman–Crippen LogP) is 4.11. The number of aldehydes is 1. The molecule has 2 N–H and O–H groups in total. The molecule has 9 unspecified atom stereocenters. The molecule has 0 spiro atoms. The summed E-state index contributed by atoms with van der Waals surface area (Å²) in [5.74, 6) is 2.21. The topological polar surface area (TPSA) is 91.7 Å². The van der Waals surface area contributed by atoms with Gasteiger partial charge in [-0.3, -0.25) is 9.59 Å². The van der Waals surface area contributed by atoms with Gasteiger partial charge in [-0.1, -0.05) is 20.8 Å². The molecule has 3 saturated carbocycles. The Morgan fingerprint density at radius 2 is 2.03 bits per heavy atom. The van der Waals surface area contributed by atoms with Crippen molar-refractivity contribution in [3.63, 3.8) is 0 Å². The number of carboxylic acid groups (broad SMARTS) is 1. The molecule has 0 heterocycles. The van der Waals surface area contributed by atoms with Crippen molar-refractivity contribution in [2.45, 2.75) is 84.7 Å². The first-order valence-electron chi connectivity index (χ1n) is 11.6. The molecule has 3 fully saturated rings. The summed E-state index contributed by atoms with van der Waals surface area (Å²) < 4.78 is 0. The van der Waals surface area contributed by atoms with Gasteiger partial charge in [0, 0.05) is 24.7 Å². The summed E-state index contributed by atoms with van der Waals surface area (Å²) in [5, 5.41) is 19.0. The fraction of sp³-hybridized carbons (Fsp3) is 0.875. The van der Waals surface area contributed by atoms with E-state index in [1.165, 1.54) is 0 Å². The molecule has 164 valence electrons. The zero-order valence-corrected chi connectivity index (χ0v) is 18.2. The fourth-order valence-electron chi connectivity index (χ4n) is 7.42. The highest BCUT2D eigenvalue weighted by Gasteiger charge is 2.56. The van der Waals surface area contributed by atoms with Crippen molar-refractivity contribution in [2.24, 2.45) is 46.8 Å². The molecule has 0 aliphatic heterocycles. The zero-order chi connectivity index (χ0) is 21.3. The molecule has 5 nitrogen and oxygen atoms in total. The number of carboxylic acids is 1. The van der Waals surface area contributed by atoms with Crippen molar-refractivity contribution in [3.8, 4) is 0 Å². The molecule has 3 rings (SSSR count). The minimum atomic E-state index is -0.729. The summed E-state index contributed by atoms with van der Waals surface area (Å²) in [5.41, 5.74) is -0.431. The summed E-state index contributed by atoms with van der Waals surface area (Å²) >= 11 is 0. The molecule has 3 aliphatic rings. The Labute approximate surface area is 174 Å². The standard InChI is InChI=1S/C24H38O5/c1-14(4-7-22(28)29)17-5-6-19-18(9-11-25)20(12-15(2)23(17)19)24(3)10-8-16(26)13-21(24)27/h11,14-20,23,26H,4-10,12-13H2,1-3H3,(H,28,29). The van der Waals surface area contributed by atoms with E-state index in [0.717, 1.165) is 32.0 Å². The van der Waals surface area contributed by atoms with Crippen LogP contribution < -0.4 is 0 Å². The van der Waals surface area contributed by atoms with Gasteiger partial charge in [0.2, 0.25) is 0 Å². The number of carbonyl (C=O) groups is 3. The molecule has 9 atom stereocenters. The van der Waals surface area contributed by atoms with Gasteiger partial charge in [0.05, 0.1) is 6.10 Å². The molecule has 0 aromatic carbocycles. The maximum atomic E-state index is 13.0. The van der Waals surface area contributed by atoms with Crippen molar-refractivity contribution in [3.05, 3.63) is 0 Å². The number of ketones is 1. The molecule has 5 heteroatoms. The van der Waals surface area contributed by atoms with Crippen LogP contribution in [-0.4, -0.2) is 34.4 Å². The van der Waals surface area contributed by atoms with Gasteiger partial charge in [0.1, 0.15) is 12.1 Å². The van der Waals surface area contributed by atoms with Crippen LogP contribution in [-0.2, 0) is 14.4 Å². The Hall–Kier alpha value is -1.23. The van der Waals surface area contributed by atoms with Crippen molar-refractivity contribution < 1.29 is 24.6 Å². The summed E-state index contributed by atoms with van der Waals surface area (Å²) in [6, 6.07) is 0.